The van der Waals surface area contributed by atoms with E-state index in [9.17, 15) is 9.18 Å². The second kappa shape index (κ2) is 7.14. The molecule has 128 valence electrons. The molecule has 3 rings (SSSR count). The maximum absolute atomic E-state index is 13.3. The Bertz CT molecular complexity index is 737. The first kappa shape index (κ1) is 16.7. The number of hydrogen-bond donors (Lipinski definition) is 2. The zero-order valence-corrected chi connectivity index (χ0v) is 13.9. The highest BCUT2D eigenvalue weighted by atomic mass is 32.1. The number of carbonyl (C=O) groups is 1. The molecule has 1 aliphatic heterocycles. The average molecular weight is 351 g/mol. The van der Waals surface area contributed by atoms with Gasteiger partial charge in [-0.15, -0.1) is 0 Å². The van der Waals surface area contributed by atoms with Gasteiger partial charge in [0.1, 0.15) is 22.5 Å². The summed E-state index contributed by atoms with van der Waals surface area (Å²) >= 11 is 1.14. The Balaban J connectivity index is 1.70. The number of nitrogen functional groups attached to an aromatic ring is 1. The predicted octanol–water partition coefficient (Wildman–Crippen LogP) is 2.14. The first-order valence-electron chi connectivity index (χ1n) is 7.56. The van der Waals surface area contributed by atoms with Gasteiger partial charge in [0.15, 0.2) is 5.13 Å². The quantitative estimate of drug-likeness (QED) is 0.881. The van der Waals surface area contributed by atoms with Gasteiger partial charge in [-0.2, -0.15) is 0 Å². The lowest BCUT2D eigenvalue weighted by molar-refractivity contribution is -0.00293. The molecule has 1 aromatic carbocycles. The molecule has 1 aliphatic rings. The molecule has 1 saturated heterocycles. The summed E-state index contributed by atoms with van der Waals surface area (Å²) in [5.41, 5.74) is 6.23. The summed E-state index contributed by atoms with van der Waals surface area (Å²) in [7, 11) is 0. The standard InChI is InChI=1S/C16H18FN3O3S/c1-9-14(24-16(18)19-9)15(21)20-12-8-22-6-5-13(12)23-11-4-2-3-10(17)7-11/h2-4,7,12-13H,5-6,8H2,1H3,(H2,18,19)(H,20,21)/t12-,13+/m1/s1. The first-order chi connectivity index (χ1) is 11.5. The highest BCUT2D eigenvalue weighted by Gasteiger charge is 2.30. The molecule has 24 heavy (non-hydrogen) atoms. The van der Waals surface area contributed by atoms with Gasteiger partial charge in [-0.05, 0) is 19.1 Å². The second-order valence-electron chi connectivity index (χ2n) is 5.52. The van der Waals surface area contributed by atoms with Gasteiger partial charge in [0.25, 0.3) is 5.91 Å². The Morgan fingerprint density at radius 3 is 3.08 bits per heavy atom. The number of anilines is 1. The molecule has 0 saturated carbocycles. The number of rotatable bonds is 4. The molecule has 2 heterocycles. The van der Waals surface area contributed by atoms with Crippen molar-refractivity contribution in [2.45, 2.75) is 25.5 Å². The van der Waals surface area contributed by atoms with Crippen LogP contribution in [0.25, 0.3) is 0 Å². The van der Waals surface area contributed by atoms with Crippen molar-refractivity contribution in [1.29, 1.82) is 0 Å². The number of amides is 1. The third kappa shape index (κ3) is 3.82. The monoisotopic (exact) mass is 351 g/mol. The molecule has 0 spiro atoms. The average Bonchev–Trinajstić information content (AvgIpc) is 2.88. The fourth-order valence-electron chi connectivity index (χ4n) is 2.57. The topological polar surface area (TPSA) is 86.5 Å². The molecule has 1 fully saturated rings. The van der Waals surface area contributed by atoms with Gasteiger partial charge < -0.3 is 20.5 Å². The second-order valence-corrected chi connectivity index (χ2v) is 6.55. The number of aromatic nitrogens is 1. The minimum atomic E-state index is -0.365. The zero-order valence-electron chi connectivity index (χ0n) is 13.1. The van der Waals surface area contributed by atoms with Crippen molar-refractivity contribution in [3.63, 3.8) is 0 Å². The van der Waals surface area contributed by atoms with Crippen molar-refractivity contribution in [3.05, 3.63) is 40.7 Å². The number of ether oxygens (including phenoxy) is 2. The lowest BCUT2D eigenvalue weighted by Crippen LogP contribution is -2.51. The van der Waals surface area contributed by atoms with E-state index in [0.29, 0.717) is 41.1 Å². The molecule has 0 bridgehead atoms. The van der Waals surface area contributed by atoms with E-state index >= 15 is 0 Å². The van der Waals surface area contributed by atoms with Crippen LogP contribution < -0.4 is 15.8 Å². The number of nitrogens with two attached hydrogens (primary N) is 1. The fraction of sp³-hybridized carbons (Fsp3) is 0.375. The Hall–Kier alpha value is -2.19. The summed E-state index contributed by atoms with van der Waals surface area (Å²) < 4.78 is 24.6. The summed E-state index contributed by atoms with van der Waals surface area (Å²) in [6.45, 7) is 2.60. The Morgan fingerprint density at radius 1 is 1.54 bits per heavy atom. The van der Waals surface area contributed by atoms with E-state index in [4.69, 9.17) is 15.2 Å². The number of carbonyl (C=O) groups excluding carboxylic acids is 1. The van der Waals surface area contributed by atoms with Crippen molar-refractivity contribution in [1.82, 2.24) is 10.3 Å². The van der Waals surface area contributed by atoms with Crippen LogP contribution in [0.2, 0.25) is 0 Å². The van der Waals surface area contributed by atoms with Gasteiger partial charge >= 0.3 is 0 Å². The van der Waals surface area contributed by atoms with Gasteiger partial charge in [0, 0.05) is 12.5 Å². The molecule has 6 nitrogen and oxygen atoms in total. The number of benzene rings is 1. The number of aryl methyl sites for hydroxylation is 1. The van der Waals surface area contributed by atoms with E-state index in [2.05, 4.69) is 10.3 Å². The molecule has 1 amide bonds. The van der Waals surface area contributed by atoms with Crippen LogP contribution in [0.3, 0.4) is 0 Å². The number of nitrogens with one attached hydrogen (secondary N) is 1. The van der Waals surface area contributed by atoms with E-state index in [-0.39, 0.29) is 23.9 Å². The maximum Gasteiger partial charge on any atom is 0.263 e. The minimum Gasteiger partial charge on any atom is -0.488 e. The lowest BCUT2D eigenvalue weighted by atomic mass is 10.1. The summed E-state index contributed by atoms with van der Waals surface area (Å²) in [6, 6.07) is 5.61. The van der Waals surface area contributed by atoms with E-state index in [0.717, 1.165) is 11.3 Å². The van der Waals surface area contributed by atoms with Crippen LogP contribution in [0.1, 0.15) is 21.8 Å². The number of nitrogens with zero attached hydrogens (tertiary/aromatic N) is 1. The highest BCUT2D eigenvalue weighted by molar-refractivity contribution is 7.17. The third-order valence-electron chi connectivity index (χ3n) is 3.71. The van der Waals surface area contributed by atoms with Crippen LogP contribution in [0.4, 0.5) is 9.52 Å². The van der Waals surface area contributed by atoms with Crippen molar-refractivity contribution in [3.8, 4) is 5.75 Å². The summed E-state index contributed by atoms with van der Waals surface area (Å²) in [5.74, 6) is -0.194. The SMILES string of the molecule is Cc1nc(N)sc1C(=O)N[C@@H]1COCC[C@@H]1Oc1cccc(F)c1. The zero-order chi connectivity index (χ0) is 17.1. The van der Waals surface area contributed by atoms with Crippen molar-refractivity contribution in [2.75, 3.05) is 18.9 Å². The Morgan fingerprint density at radius 2 is 2.38 bits per heavy atom. The van der Waals surface area contributed by atoms with Crippen molar-refractivity contribution in [2.24, 2.45) is 0 Å². The molecule has 8 heteroatoms. The molecule has 0 unspecified atom stereocenters. The van der Waals surface area contributed by atoms with E-state index in [1.54, 1.807) is 19.1 Å². The third-order valence-corrected chi connectivity index (χ3v) is 4.70. The molecule has 0 radical (unpaired) electrons. The molecule has 1 aromatic heterocycles. The maximum atomic E-state index is 13.3. The summed E-state index contributed by atoms with van der Waals surface area (Å²) in [5, 5.41) is 3.26. The summed E-state index contributed by atoms with van der Waals surface area (Å²) in [6.07, 6.45) is 0.306. The van der Waals surface area contributed by atoms with Gasteiger partial charge in [-0.25, -0.2) is 9.37 Å². The van der Waals surface area contributed by atoms with Crippen molar-refractivity contribution < 1.29 is 18.7 Å². The fourth-order valence-corrected chi connectivity index (χ4v) is 3.31. The normalized spacial score (nSPS) is 20.6. The van der Waals surface area contributed by atoms with Crippen LogP contribution >= 0.6 is 11.3 Å². The molecule has 3 N–H and O–H groups in total. The number of halogens is 1. The van der Waals surface area contributed by atoms with Crippen molar-refractivity contribution >= 4 is 22.4 Å². The smallest absolute Gasteiger partial charge is 0.263 e. The van der Waals surface area contributed by atoms with Crippen LogP contribution in [-0.4, -0.2) is 36.3 Å². The van der Waals surface area contributed by atoms with Gasteiger partial charge in [0.2, 0.25) is 0 Å². The number of thiazole rings is 1. The Kier molecular flexibility index (Phi) is 4.96. The minimum absolute atomic E-state index is 0.259. The van der Waals surface area contributed by atoms with Crippen LogP contribution in [0.5, 0.6) is 5.75 Å². The van der Waals surface area contributed by atoms with E-state index in [1.807, 2.05) is 0 Å². The summed E-state index contributed by atoms with van der Waals surface area (Å²) in [4.78, 5) is 17.0. The van der Waals surface area contributed by atoms with Crippen LogP contribution in [-0.2, 0) is 4.74 Å². The van der Waals surface area contributed by atoms with E-state index < -0.39 is 0 Å². The van der Waals surface area contributed by atoms with Gasteiger partial charge in [-0.3, -0.25) is 4.79 Å². The van der Waals surface area contributed by atoms with Crippen LogP contribution in [0.15, 0.2) is 24.3 Å². The molecule has 0 aliphatic carbocycles. The first-order valence-corrected chi connectivity index (χ1v) is 8.38. The van der Waals surface area contributed by atoms with Gasteiger partial charge in [0.05, 0.1) is 24.9 Å². The molecule has 2 aromatic rings. The lowest BCUT2D eigenvalue weighted by Gasteiger charge is -2.32. The largest absolute Gasteiger partial charge is 0.488 e. The number of hydrogen-bond acceptors (Lipinski definition) is 6. The molecular formula is C16H18FN3O3S. The van der Waals surface area contributed by atoms with Crippen LogP contribution in [0, 0.1) is 12.7 Å². The van der Waals surface area contributed by atoms with E-state index in [1.165, 1.54) is 12.1 Å². The molecule has 2 atom stereocenters. The Labute approximate surface area is 142 Å². The molecular weight excluding hydrogens is 333 g/mol. The highest BCUT2D eigenvalue weighted by Crippen LogP contribution is 2.22. The predicted molar refractivity (Wildman–Crippen MR) is 88.8 cm³/mol. The van der Waals surface area contributed by atoms with Gasteiger partial charge in [-0.1, -0.05) is 17.4 Å².